The van der Waals surface area contributed by atoms with Gasteiger partial charge in [-0.05, 0) is 31.7 Å². The third-order valence-electron chi connectivity index (χ3n) is 2.20. The number of rotatable bonds is 4. The number of aromatic nitrogens is 3. The van der Waals surface area contributed by atoms with Gasteiger partial charge in [0.15, 0.2) is 22.6 Å². The standard InChI is InChI=1S/C12H12F2N4S/c1-3-15-10-8(13)6-9(14)11(18-10)19-12-16-5-4-7(2)17-12/h4-6H,3H2,1-2H3,(H,15,18). The van der Waals surface area contributed by atoms with E-state index in [-0.39, 0.29) is 10.8 Å². The molecule has 0 atom stereocenters. The van der Waals surface area contributed by atoms with E-state index < -0.39 is 11.6 Å². The molecule has 2 aromatic rings. The van der Waals surface area contributed by atoms with Gasteiger partial charge in [-0.2, -0.15) is 0 Å². The van der Waals surface area contributed by atoms with Crippen molar-refractivity contribution in [2.24, 2.45) is 0 Å². The van der Waals surface area contributed by atoms with Gasteiger partial charge >= 0.3 is 0 Å². The number of aryl methyl sites for hydroxylation is 1. The molecular formula is C12H12F2N4S. The third kappa shape index (κ3) is 3.37. The Balaban J connectivity index is 2.31. The Labute approximate surface area is 113 Å². The zero-order chi connectivity index (χ0) is 13.8. The Bertz CT molecular complexity index is 592. The molecule has 0 spiro atoms. The molecule has 0 saturated heterocycles. The number of anilines is 1. The Hall–Kier alpha value is -1.76. The molecule has 0 saturated carbocycles. The van der Waals surface area contributed by atoms with Crippen LogP contribution >= 0.6 is 11.8 Å². The van der Waals surface area contributed by atoms with Gasteiger partial charge in [-0.1, -0.05) is 0 Å². The SMILES string of the molecule is CCNc1nc(Sc2nccc(C)n2)c(F)cc1F. The summed E-state index contributed by atoms with van der Waals surface area (Å²) >= 11 is 0.962. The summed E-state index contributed by atoms with van der Waals surface area (Å²) in [6.45, 7) is 4.12. The molecule has 4 nitrogen and oxygen atoms in total. The second-order valence-electron chi connectivity index (χ2n) is 3.72. The first-order valence-electron chi connectivity index (χ1n) is 5.67. The Morgan fingerprint density at radius 3 is 2.74 bits per heavy atom. The second kappa shape index (κ2) is 5.92. The number of hydrogen-bond donors (Lipinski definition) is 1. The van der Waals surface area contributed by atoms with Crippen molar-refractivity contribution < 1.29 is 8.78 Å². The van der Waals surface area contributed by atoms with Crippen LogP contribution in [0.25, 0.3) is 0 Å². The topological polar surface area (TPSA) is 50.7 Å². The summed E-state index contributed by atoms with van der Waals surface area (Å²) in [6, 6.07) is 2.55. The van der Waals surface area contributed by atoms with Crippen LogP contribution in [0.1, 0.15) is 12.6 Å². The van der Waals surface area contributed by atoms with Gasteiger partial charge in [0, 0.05) is 24.5 Å². The molecule has 19 heavy (non-hydrogen) atoms. The first-order valence-corrected chi connectivity index (χ1v) is 6.49. The molecule has 0 aliphatic carbocycles. The van der Waals surface area contributed by atoms with E-state index in [1.54, 1.807) is 19.2 Å². The largest absolute Gasteiger partial charge is 0.368 e. The molecule has 100 valence electrons. The van der Waals surface area contributed by atoms with E-state index in [1.165, 1.54) is 0 Å². The smallest absolute Gasteiger partial charge is 0.194 e. The fourth-order valence-corrected chi connectivity index (χ4v) is 2.14. The maximum absolute atomic E-state index is 13.7. The fourth-order valence-electron chi connectivity index (χ4n) is 1.37. The van der Waals surface area contributed by atoms with Crippen molar-refractivity contribution in [1.82, 2.24) is 15.0 Å². The second-order valence-corrected chi connectivity index (χ2v) is 4.67. The molecule has 0 aromatic carbocycles. The van der Waals surface area contributed by atoms with E-state index in [0.29, 0.717) is 11.7 Å². The van der Waals surface area contributed by atoms with Crippen LogP contribution in [0.3, 0.4) is 0 Å². The van der Waals surface area contributed by atoms with E-state index >= 15 is 0 Å². The molecule has 1 N–H and O–H groups in total. The maximum atomic E-state index is 13.7. The van der Waals surface area contributed by atoms with Crippen LogP contribution in [0.5, 0.6) is 0 Å². The Morgan fingerprint density at radius 1 is 1.26 bits per heavy atom. The first-order chi connectivity index (χ1) is 9.10. The molecule has 0 fully saturated rings. The van der Waals surface area contributed by atoms with Crippen molar-refractivity contribution >= 4 is 17.6 Å². The van der Waals surface area contributed by atoms with Gasteiger partial charge in [-0.25, -0.2) is 23.7 Å². The maximum Gasteiger partial charge on any atom is 0.194 e. The number of nitrogens with one attached hydrogen (secondary N) is 1. The Morgan fingerprint density at radius 2 is 2.05 bits per heavy atom. The van der Waals surface area contributed by atoms with Gasteiger partial charge in [0.05, 0.1) is 0 Å². The molecule has 2 heterocycles. The summed E-state index contributed by atoms with van der Waals surface area (Å²) in [5.74, 6) is -1.41. The van der Waals surface area contributed by atoms with E-state index in [0.717, 1.165) is 23.5 Å². The summed E-state index contributed by atoms with van der Waals surface area (Å²) in [7, 11) is 0. The fraction of sp³-hybridized carbons (Fsp3) is 0.250. The molecule has 7 heteroatoms. The minimum absolute atomic E-state index is 0.0269. The van der Waals surface area contributed by atoms with Gasteiger partial charge in [0.2, 0.25) is 0 Å². The molecule has 0 unspecified atom stereocenters. The zero-order valence-electron chi connectivity index (χ0n) is 10.4. The number of nitrogens with zero attached hydrogens (tertiary/aromatic N) is 3. The highest BCUT2D eigenvalue weighted by atomic mass is 32.2. The zero-order valence-corrected chi connectivity index (χ0v) is 11.3. The van der Waals surface area contributed by atoms with Crippen LogP contribution in [0, 0.1) is 18.6 Å². The lowest BCUT2D eigenvalue weighted by atomic mass is 10.4. The van der Waals surface area contributed by atoms with Crippen LogP contribution in [0.15, 0.2) is 28.5 Å². The molecule has 0 amide bonds. The lowest BCUT2D eigenvalue weighted by molar-refractivity contribution is 0.551. The average molecular weight is 282 g/mol. The molecule has 0 bridgehead atoms. The molecule has 2 rings (SSSR count). The van der Waals surface area contributed by atoms with E-state index in [2.05, 4.69) is 20.3 Å². The number of halogens is 2. The van der Waals surface area contributed by atoms with Crippen LogP contribution in [0.4, 0.5) is 14.6 Å². The number of hydrogen-bond acceptors (Lipinski definition) is 5. The summed E-state index contributed by atoms with van der Waals surface area (Å²) in [6.07, 6.45) is 1.58. The minimum Gasteiger partial charge on any atom is -0.368 e. The highest BCUT2D eigenvalue weighted by Gasteiger charge is 2.13. The summed E-state index contributed by atoms with van der Waals surface area (Å²) < 4.78 is 27.1. The van der Waals surface area contributed by atoms with E-state index in [9.17, 15) is 8.78 Å². The summed E-state index contributed by atoms with van der Waals surface area (Å²) in [4.78, 5) is 12.1. The van der Waals surface area contributed by atoms with Crippen molar-refractivity contribution in [2.75, 3.05) is 11.9 Å². The normalized spacial score (nSPS) is 10.5. The van der Waals surface area contributed by atoms with Crippen LogP contribution in [-0.4, -0.2) is 21.5 Å². The molecule has 0 aliphatic rings. The Kier molecular flexibility index (Phi) is 4.26. The van der Waals surface area contributed by atoms with Crippen LogP contribution in [-0.2, 0) is 0 Å². The molecule has 0 radical (unpaired) electrons. The minimum atomic E-state index is -0.728. The van der Waals surface area contributed by atoms with Gasteiger partial charge < -0.3 is 5.32 Å². The highest BCUT2D eigenvalue weighted by molar-refractivity contribution is 7.99. The van der Waals surface area contributed by atoms with Gasteiger partial charge in [0.1, 0.15) is 5.03 Å². The van der Waals surface area contributed by atoms with Gasteiger partial charge in [0.25, 0.3) is 0 Å². The lowest BCUT2D eigenvalue weighted by Crippen LogP contribution is -2.04. The van der Waals surface area contributed by atoms with E-state index in [1.807, 2.05) is 6.92 Å². The van der Waals surface area contributed by atoms with Gasteiger partial charge in [-0.3, -0.25) is 0 Å². The molecule has 2 aromatic heterocycles. The monoisotopic (exact) mass is 282 g/mol. The van der Waals surface area contributed by atoms with Crippen molar-refractivity contribution in [2.45, 2.75) is 24.0 Å². The van der Waals surface area contributed by atoms with Crippen LogP contribution in [0.2, 0.25) is 0 Å². The quantitative estimate of drug-likeness (QED) is 0.873. The summed E-state index contributed by atoms with van der Waals surface area (Å²) in [5.41, 5.74) is 0.770. The van der Waals surface area contributed by atoms with Crippen LogP contribution < -0.4 is 5.32 Å². The first kappa shape index (κ1) is 13.7. The number of pyridine rings is 1. The third-order valence-corrected chi connectivity index (χ3v) is 3.06. The predicted molar refractivity (Wildman–Crippen MR) is 69.2 cm³/mol. The van der Waals surface area contributed by atoms with Crippen molar-refractivity contribution in [3.05, 3.63) is 35.7 Å². The van der Waals surface area contributed by atoms with Gasteiger partial charge in [-0.15, -0.1) is 0 Å². The molecule has 0 aliphatic heterocycles. The summed E-state index contributed by atoms with van der Waals surface area (Å²) in [5, 5.41) is 3.15. The molecular weight excluding hydrogens is 270 g/mol. The highest BCUT2D eigenvalue weighted by Crippen LogP contribution is 2.27. The van der Waals surface area contributed by atoms with E-state index in [4.69, 9.17) is 0 Å². The van der Waals surface area contributed by atoms with Crippen molar-refractivity contribution in [3.63, 3.8) is 0 Å². The predicted octanol–water partition coefficient (Wildman–Crippen LogP) is 3.04. The van der Waals surface area contributed by atoms with Crippen molar-refractivity contribution in [1.29, 1.82) is 0 Å². The van der Waals surface area contributed by atoms with Crippen molar-refractivity contribution in [3.8, 4) is 0 Å². The lowest BCUT2D eigenvalue weighted by Gasteiger charge is -2.07. The average Bonchev–Trinajstić information content (AvgIpc) is 2.35.